The summed E-state index contributed by atoms with van der Waals surface area (Å²) in [5.74, 6) is 2.57. The molecule has 3 nitrogen and oxygen atoms in total. The number of thioether (sulfide) groups is 1. The molecule has 6 aromatic rings. The standard InChI is InChI=1S/C51H50O3S2/c1-32-14-23-38-42(26-32)50(30-48(2,3)29-49(4,5)31-50)46-39-24-25-51(33-15-19-35(52-6)20-16-33,34-17-21-36(53-7)22-18-34)54-47(39)41-28-43(55-8)44(27-40(41)45(38)46)56-37-12-10-9-11-13-37/h9-28H,29-31H2,1-8H3. The van der Waals surface area contributed by atoms with Crippen LogP contribution >= 0.6 is 23.5 Å². The van der Waals surface area contributed by atoms with Gasteiger partial charge in [-0.25, -0.2) is 0 Å². The summed E-state index contributed by atoms with van der Waals surface area (Å²) < 4.78 is 19.1. The van der Waals surface area contributed by atoms with Crippen molar-refractivity contribution >= 4 is 40.4 Å². The molecular formula is C51H50O3S2. The Bertz CT molecular complexity index is 2450. The summed E-state index contributed by atoms with van der Waals surface area (Å²) in [5.41, 5.74) is 9.44. The molecular weight excluding hydrogens is 725 g/mol. The minimum atomic E-state index is -0.899. The van der Waals surface area contributed by atoms with Gasteiger partial charge in [0.1, 0.15) is 17.2 Å². The van der Waals surface area contributed by atoms with Crippen molar-refractivity contribution in [3.05, 3.63) is 149 Å². The van der Waals surface area contributed by atoms with Gasteiger partial charge in [-0.3, -0.25) is 0 Å². The van der Waals surface area contributed by atoms with Crippen LogP contribution in [0.2, 0.25) is 0 Å². The highest BCUT2D eigenvalue weighted by molar-refractivity contribution is 8.02. The first-order valence-electron chi connectivity index (χ1n) is 19.6. The molecule has 284 valence electrons. The van der Waals surface area contributed by atoms with Crippen molar-refractivity contribution in [2.24, 2.45) is 10.8 Å². The van der Waals surface area contributed by atoms with E-state index >= 15 is 0 Å². The van der Waals surface area contributed by atoms with Crippen molar-refractivity contribution in [1.82, 2.24) is 0 Å². The lowest BCUT2D eigenvalue weighted by atomic mass is 9.52. The number of hydrogen-bond acceptors (Lipinski definition) is 5. The molecule has 1 fully saturated rings. The first-order valence-corrected chi connectivity index (χ1v) is 21.7. The molecule has 6 aromatic carbocycles. The first kappa shape index (κ1) is 37.0. The van der Waals surface area contributed by atoms with E-state index in [4.69, 9.17) is 14.2 Å². The number of hydrogen-bond donors (Lipinski definition) is 0. The van der Waals surface area contributed by atoms with E-state index in [2.05, 4.69) is 138 Å². The second kappa shape index (κ2) is 13.5. The Morgan fingerprint density at radius 3 is 1.86 bits per heavy atom. The van der Waals surface area contributed by atoms with Crippen LogP contribution in [0.3, 0.4) is 0 Å². The fourth-order valence-electron chi connectivity index (χ4n) is 10.8. The molecule has 1 spiro atoms. The number of rotatable bonds is 7. The molecule has 0 unspecified atom stereocenters. The van der Waals surface area contributed by atoms with Gasteiger partial charge in [0.25, 0.3) is 0 Å². The number of ether oxygens (including phenoxy) is 3. The molecule has 9 rings (SSSR count). The predicted molar refractivity (Wildman–Crippen MR) is 235 cm³/mol. The Morgan fingerprint density at radius 1 is 0.661 bits per heavy atom. The van der Waals surface area contributed by atoms with Gasteiger partial charge in [0.2, 0.25) is 0 Å². The van der Waals surface area contributed by atoms with E-state index in [1.165, 1.54) is 59.9 Å². The Labute approximate surface area is 340 Å². The first-order chi connectivity index (χ1) is 26.9. The molecule has 56 heavy (non-hydrogen) atoms. The van der Waals surface area contributed by atoms with Gasteiger partial charge in [-0.1, -0.05) is 112 Å². The van der Waals surface area contributed by atoms with Gasteiger partial charge in [0, 0.05) is 42.2 Å². The van der Waals surface area contributed by atoms with Crippen molar-refractivity contribution in [2.45, 2.75) is 79.6 Å². The highest BCUT2D eigenvalue weighted by Crippen LogP contribution is 2.67. The maximum atomic E-state index is 7.81. The summed E-state index contributed by atoms with van der Waals surface area (Å²) in [4.78, 5) is 3.74. The van der Waals surface area contributed by atoms with Crippen molar-refractivity contribution in [3.63, 3.8) is 0 Å². The van der Waals surface area contributed by atoms with Crippen LogP contribution < -0.4 is 14.2 Å². The predicted octanol–water partition coefficient (Wildman–Crippen LogP) is 13.9. The van der Waals surface area contributed by atoms with Gasteiger partial charge in [0.15, 0.2) is 5.60 Å². The monoisotopic (exact) mass is 774 g/mol. The quantitative estimate of drug-likeness (QED) is 0.151. The molecule has 2 aliphatic carbocycles. The van der Waals surface area contributed by atoms with E-state index < -0.39 is 5.60 Å². The van der Waals surface area contributed by atoms with E-state index in [0.29, 0.717) is 0 Å². The molecule has 0 atom stereocenters. The second-order valence-electron chi connectivity index (χ2n) is 17.6. The molecule has 0 aromatic heterocycles. The maximum absolute atomic E-state index is 7.81. The fraction of sp³-hybridized carbons (Fsp3) is 0.294. The van der Waals surface area contributed by atoms with E-state index in [1.54, 1.807) is 26.0 Å². The highest BCUT2D eigenvalue weighted by atomic mass is 32.2. The molecule has 1 aliphatic heterocycles. The average molecular weight is 775 g/mol. The van der Waals surface area contributed by atoms with Gasteiger partial charge in [-0.15, -0.1) is 11.8 Å². The summed E-state index contributed by atoms with van der Waals surface area (Å²) in [7, 11) is 3.43. The van der Waals surface area contributed by atoms with Crippen LogP contribution in [0, 0.1) is 17.8 Å². The van der Waals surface area contributed by atoms with Crippen LogP contribution in [0.5, 0.6) is 17.2 Å². The van der Waals surface area contributed by atoms with Gasteiger partial charge in [-0.05, 0) is 126 Å². The Kier molecular flexibility index (Phi) is 8.94. The summed E-state index contributed by atoms with van der Waals surface area (Å²) in [5, 5.41) is 2.40. The van der Waals surface area contributed by atoms with E-state index in [0.717, 1.165) is 46.6 Å². The van der Waals surface area contributed by atoms with Crippen molar-refractivity contribution in [1.29, 1.82) is 0 Å². The summed E-state index contributed by atoms with van der Waals surface area (Å²) in [6.07, 6.45) is 10.3. The number of aryl methyl sites for hydroxylation is 1. The normalized spacial score (nSPS) is 17.9. The van der Waals surface area contributed by atoms with Crippen molar-refractivity contribution in [2.75, 3.05) is 20.5 Å². The lowest BCUT2D eigenvalue weighted by molar-refractivity contribution is 0.0641. The Morgan fingerprint density at radius 2 is 1.27 bits per heavy atom. The third-order valence-corrected chi connectivity index (χ3v) is 14.3. The van der Waals surface area contributed by atoms with Crippen LogP contribution in [0.1, 0.15) is 80.3 Å². The molecule has 3 aliphatic rings. The Balaban J connectivity index is 1.39. The molecule has 1 saturated carbocycles. The van der Waals surface area contributed by atoms with Crippen LogP contribution in [-0.4, -0.2) is 20.5 Å². The highest BCUT2D eigenvalue weighted by Gasteiger charge is 2.55. The second-order valence-corrected chi connectivity index (χ2v) is 19.5. The van der Waals surface area contributed by atoms with E-state index in [1.807, 2.05) is 36.0 Å². The molecule has 5 heteroatoms. The minimum absolute atomic E-state index is 0.137. The fourth-order valence-corrected chi connectivity index (χ4v) is 12.6. The Hall–Kier alpha value is -4.58. The van der Waals surface area contributed by atoms with Crippen LogP contribution in [0.15, 0.2) is 130 Å². The average Bonchev–Trinajstić information content (AvgIpc) is 3.44. The molecule has 0 amide bonds. The zero-order chi connectivity index (χ0) is 39.0. The molecule has 0 saturated heterocycles. The molecule has 1 heterocycles. The number of benzene rings is 6. The summed E-state index contributed by atoms with van der Waals surface area (Å²) >= 11 is 3.65. The van der Waals surface area contributed by atoms with Gasteiger partial charge in [-0.2, -0.15) is 0 Å². The van der Waals surface area contributed by atoms with E-state index in [9.17, 15) is 0 Å². The minimum Gasteiger partial charge on any atom is -0.497 e. The zero-order valence-corrected chi connectivity index (χ0v) is 35.3. The number of methoxy groups -OCH3 is 2. The largest absolute Gasteiger partial charge is 0.497 e. The van der Waals surface area contributed by atoms with Crippen molar-refractivity contribution < 1.29 is 14.2 Å². The lowest BCUT2D eigenvalue weighted by Crippen LogP contribution is -2.44. The lowest BCUT2D eigenvalue weighted by Gasteiger charge is -2.52. The maximum Gasteiger partial charge on any atom is 0.178 e. The van der Waals surface area contributed by atoms with Gasteiger partial charge < -0.3 is 14.2 Å². The molecule has 0 N–H and O–H groups in total. The third kappa shape index (κ3) is 5.96. The molecule has 0 bridgehead atoms. The van der Waals surface area contributed by atoms with Crippen LogP contribution in [0.25, 0.3) is 28.0 Å². The van der Waals surface area contributed by atoms with E-state index in [-0.39, 0.29) is 16.2 Å². The summed E-state index contributed by atoms with van der Waals surface area (Å²) in [6, 6.07) is 39.6. The van der Waals surface area contributed by atoms with Gasteiger partial charge >= 0.3 is 0 Å². The van der Waals surface area contributed by atoms with Gasteiger partial charge in [0.05, 0.1) is 14.2 Å². The SMILES string of the molecule is COc1ccc(C2(c3ccc(OC)cc3)C=Cc3c4c(c5cc(Sc6ccccc6)c(SC)cc5c3O2)-c2ccc(C)cc2C42CC(C)(C)CC(C)(C)C2)cc1. The zero-order valence-electron chi connectivity index (χ0n) is 33.7. The topological polar surface area (TPSA) is 27.7 Å². The third-order valence-electron chi connectivity index (χ3n) is 12.3. The smallest absolute Gasteiger partial charge is 0.178 e. The molecule has 0 radical (unpaired) electrons. The van der Waals surface area contributed by atoms with Crippen molar-refractivity contribution in [3.8, 4) is 28.4 Å². The summed E-state index contributed by atoms with van der Waals surface area (Å²) in [6.45, 7) is 12.2. The van der Waals surface area contributed by atoms with Crippen LogP contribution in [0.4, 0.5) is 0 Å². The number of fused-ring (bicyclic) bond motifs is 10. The van der Waals surface area contributed by atoms with Crippen LogP contribution in [-0.2, 0) is 11.0 Å².